The first-order valence-corrected chi connectivity index (χ1v) is 8.28. The third-order valence-electron chi connectivity index (χ3n) is 4.10. The maximum absolute atomic E-state index is 12.5. The van der Waals surface area contributed by atoms with Crippen molar-refractivity contribution in [3.63, 3.8) is 0 Å². The third-order valence-corrected chi connectivity index (χ3v) is 4.10. The molecule has 1 aliphatic rings. The number of pyridine rings is 1. The zero-order valence-electron chi connectivity index (χ0n) is 14.7. The normalized spacial score (nSPS) is 14.9. The zero-order chi connectivity index (χ0) is 17.3. The molecule has 128 valence electrons. The molecule has 1 aliphatic heterocycles. The number of carbonyl (C=O) groups is 1. The minimum Gasteiger partial charge on any atom is -0.357 e. The summed E-state index contributed by atoms with van der Waals surface area (Å²) in [5, 5.41) is 7.07. The van der Waals surface area contributed by atoms with Gasteiger partial charge < -0.3 is 4.90 Å². The molecule has 0 aromatic carbocycles. The van der Waals surface area contributed by atoms with E-state index >= 15 is 0 Å². The Labute approximate surface area is 142 Å². The molecule has 2 aromatic rings. The number of aryl methyl sites for hydroxylation is 1. The molecule has 2 aromatic heterocycles. The molecule has 1 amide bonds. The van der Waals surface area contributed by atoms with Crippen LogP contribution in [0.1, 0.15) is 49.8 Å². The zero-order valence-corrected chi connectivity index (χ0v) is 14.7. The van der Waals surface area contributed by atoms with Crippen molar-refractivity contribution in [2.75, 3.05) is 23.3 Å². The largest absolute Gasteiger partial charge is 0.357 e. The minimum absolute atomic E-state index is 0.135. The van der Waals surface area contributed by atoms with E-state index < -0.39 is 0 Å². The van der Waals surface area contributed by atoms with Gasteiger partial charge in [-0.05, 0) is 25.0 Å². The average Bonchev–Trinajstić information content (AvgIpc) is 3.16. The Bertz CT molecular complexity index is 740. The van der Waals surface area contributed by atoms with Gasteiger partial charge in [0.2, 0.25) is 5.95 Å². The quantitative estimate of drug-likeness (QED) is 0.936. The van der Waals surface area contributed by atoms with Crippen molar-refractivity contribution in [1.29, 1.82) is 0 Å². The number of anilines is 2. The Balaban J connectivity index is 1.77. The summed E-state index contributed by atoms with van der Waals surface area (Å²) in [5.41, 5.74) is 0.432. The lowest BCUT2D eigenvalue weighted by Crippen LogP contribution is -2.20. The van der Waals surface area contributed by atoms with Crippen LogP contribution in [-0.2, 0) is 12.5 Å². The van der Waals surface area contributed by atoms with Gasteiger partial charge in [-0.3, -0.25) is 14.8 Å². The molecule has 0 unspecified atom stereocenters. The third kappa shape index (κ3) is 3.39. The number of carbonyl (C=O) groups excluding carboxylic acids is 1. The Morgan fingerprint density at radius 2 is 1.96 bits per heavy atom. The van der Waals surface area contributed by atoms with Crippen LogP contribution < -0.4 is 10.2 Å². The Morgan fingerprint density at radius 1 is 1.25 bits per heavy atom. The number of hydrogen-bond donors (Lipinski definition) is 1. The first-order chi connectivity index (χ1) is 11.3. The van der Waals surface area contributed by atoms with Gasteiger partial charge in [0.1, 0.15) is 11.6 Å². The molecule has 3 heterocycles. The van der Waals surface area contributed by atoms with Crippen LogP contribution in [0.4, 0.5) is 11.8 Å². The van der Waals surface area contributed by atoms with E-state index in [0.717, 1.165) is 24.7 Å². The van der Waals surface area contributed by atoms with Crippen LogP contribution in [0.3, 0.4) is 0 Å². The summed E-state index contributed by atoms with van der Waals surface area (Å²) in [7, 11) is 1.83. The standard InChI is InChI=1S/C17H24N6O/c1-17(2,3)15-20-16(21-22(15)4)19-14(24)12-7-8-18-13(11-12)23-9-5-6-10-23/h7-8,11H,5-6,9-10H2,1-4H3,(H,19,21,24). The van der Waals surface area contributed by atoms with Crippen molar-refractivity contribution in [2.24, 2.45) is 7.05 Å². The summed E-state index contributed by atoms with van der Waals surface area (Å²) in [4.78, 5) is 23.5. The van der Waals surface area contributed by atoms with Gasteiger partial charge in [0, 0.05) is 37.3 Å². The van der Waals surface area contributed by atoms with E-state index in [9.17, 15) is 4.79 Å². The molecule has 1 N–H and O–H groups in total. The van der Waals surface area contributed by atoms with Crippen LogP contribution in [0, 0.1) is 0 Å². The second-order valence-electron chi connectivity index (χ2n) is 7.18. The van der Waals surface area contributed by atoms with E-state index in [1.54, 1.807) is 16.9 Å². The van der Waals surface area contributed by atoms with Gasteiger partial charge in [-0.2, -0.15) is 4.98 Å². The summed E-state index contributed by atoms with van der Waals surface area (Å²) >= 11 is 0. The van der Waals surface area contributed by atoms with Gasteiger partial charge in [-0.1, -0.05) is 20.8 Å². The smallest absolute Gasteiger partial charge is 0.258 e. The summed E-state index contributed by atoms with van der Waals surface area (Å²) in [5.74, 6) is 1.78. The van der Waals surface area contributed by atoms with Gasteiger partial charge in [-0.25, -0.2) is 4.98 Å². The van der Waals surface area contributed by atoms with Crippen molar-refractivity contribution in [3.05, 3.63) is 29.7 Å². The van der Waals surface area contributed by atoms with Crippen molar-refractivity contribution in [3.8, 4) is 0 Å². The molecule has 0 aliphatic carbocycles. The Hall–Kier alpha value is -2.44. The van der Waals surface area contributed by atoms with Gasteiger partial charge in [-0.15, -0.1) is 5.10 Å². The van der Waals surface area contributed by atoms with Crippen LogP contribution in [-0.4, -0.2) is 38.7 Å². The second kappa shape index (κ2) is 6.22. The van der Waals surface area contributed by atoms with Gasteiger partial charge in [0.25, 0.3) is 5.91 Å². The summed E-state index contributed by atoms with van der Waals surface area (Å²) in [6.07, 6.45) is 4.02. The number of aromatic nitrogens is 4. The Morgan fingerprint density at radius 3 is 2.58 bits per heavy atom. The summed E-state index contributed by atoms with van der Waals surface area (Å²) < 4.78 is 1.71. The highest BCUT2D eigenvalue weighted by Gasteiger charge is 2.22. The maximum Gasteiger partial charge on any atom is 0.258 e. The molecule has 7 nitrogen and oxygen atoms in total. The van der Waals surface area contributed by atoms with Crippen LogP contribution in [0.15, 0.2) is 18.3 Å². The minimum atomic E-state index is -0.219. The topological polar surface area (TPSA) is 75.9 Å². The lowest BCUT2D eigenvalue weighted by Gasteiger charge is -2.16. The SMILES string of the molecule is Cn1nc(NC(=O)c2ccnc(N3CCCC3)c2)nc1C(C)(C)C. The van der Waals surface area contributed by atoms with E-state index in [0.29, 0.717) is 11.5 Å². The van der Waals surface area contributed by atoms with Gasteiger partial charge in [0.15, 0.2) is 0 Å². The molecule has 0 bridgehead atoms. The average molecular weight is 328 g/mol. The molecular weight excluding hydrogens is 304 g/mol. The van der Waals surface area contributed by atoms with Crippen molar-refractivity contribution in [1.82, 2.24) is 19.7 Å². The van der Waals surface area contributed by atoms with Crippen molar-refractivity contribution < 1.29 is 4.79 Å². The van der Waals surface area contributed by atoms with Crippen LogP contribution in [0.5, 0.6) is 0 Å². The molecule has 0 atom stereocenters. The fourth-order valence-corrected chi connectivity index (χ4v) is 2.94. The molecule has 24 heavy (non-hydrogen) atoms. The molecule has 3 rings (SSSR count). The van der Waals surface area contributed by atoms with Crippen molar-refractivity contribution >= 4 is 17.7 Å². The number of nitrogens with zero attached hydrogens (tertiary/aromatic N) is 5. The van der Waals surface area contributed by atoms with Crippen LogP contribution >= 0.6 is 0 Å². The predicted molar refractivity (Wildman–Crippen MR) is 93.3 cm³/mol. The van der Waals surface area contributed by atoms with E-state index in [-0.39, 0.29) is 11.3 Å². The lowest BCUT2D eigenvalue weighted by molar-refractivity contribution is 0.102. The van der Waals surface area contributed by atoms with Gasteiger partial charge in [0.05, 0.1) is 0 Å². The number of nitrogens with one attached hydrogen (secondary N) is 1. The van der Waals surface area contributed by atoms with E-state index in [1.165, 1.54) is 12.8 Å². The van der Waals surface area contributed by atoms with E-state index in [2.05, 4.69) is 46.1 Å². The molecule has 7 heteroatoms. The predicted octanol–water partition coefficient (Wildman–Crippen LogP) is 2.36. The van der Waals surface area contributed by atoms with Crippen molar-refractivity contribution in [2.45, 2.75) is 39.0 Å². The second-order valence-corrected chi connectivity index (χ2v) is 7.18. The fraction of sp³-hybridized carbons (Fsp3) is 0.529. The fourth-order valence-electron chi connectivity index (χ4n) is 2.94. The highest BCUT2D eigenvalue weighted by Crippen LogP contribution is 2.21. The molecular formula is C17H24N6O. The maximum atomic E-state index is 12.5. The number of amides is 1. The van der Waals surface area contributed by atoms with E-state index in [1.807, 2.05) is 13.1 Å². The first-order valence-electron chi connectivity index (χ1n) is 8.28. The molecule has 0 saturated carbocycles. The number of hydrogen-bond acceptors (Lipinski definition) is 5. The molecule has 1 saturated heterocycles. The molecule has 0 radical (unpaired) electrons. The Kier molecular flexibility index (Phi) is 4.26. The molecule has 0 spiro atoms. The highest BCUT2D eigenvalue weighted by molar-refractivity contribution is 6.03. The van der Waals surface area contributed by atoms with Crippen LogP contribution in [0.25, 0.3) is 0 Å². The molecule has 1 fully saturated rings. The first kappa shape index (κ1) is 16.4. The van der Waals surface area contributed by atoms with Gasteiger partial charge >= 0.3 is 0 Å². The van der Waals surface area contributed by atoms with Crippen LogP contribution in [0.2, 0.25) is 0 Å². The summed E-state index contributed by atoms with van der Waals surface area (Å²) in [6.45, 7) is 8.18. The highest BCUT2D eigenvalue weighted by atomic mass is 16.1. The summed E-state index contributed by atoms with van der Waals surface area (Å²) in [6, 6.07) is 3.54. The lowest BCUT2D eigenvalue weighted by atomic mass is 9.96. The monoisotopic (exact) mass is 328 g/mol. The number of rotatable bonds is 3. The van der Waals surface area contributed by atoms with E-state index in [4.69, 9.17) is 0 Å².